The highest BCUT2D eigenvalue weighted by Crippen LogP contribution is 2.16. The highest BCUT2D eigenvalue weighted by molar-refractivity contribution is 6.30. The van der Waals surface area contributed by atoms with Crippen molar-refractivity contribution in [2.24, 2.45) is 0 Å². The number of carbonyl (C=O) groups is 1. The molecule has 2 aromatic rings. The Hall–Kier alpha value is -1.95. The molecule has 1 heterocycles. The molecule has 0 spiro atoms. The van der Waals surface area contributed by atoms with Crippen molar-refractivity contribution in [1.29, 1.82) is 0 Å². The molecule has 6 nitrogen and oxygen atoms in total. The van der Waals surface area contributed by atoms with Crippen LogP contribution in [0, 0.1) is 0 Å². The standard InChI is InChI=1S/C13H16ClN5O/c1-3-9(2)15-12(20)8-19-17-13(16-18-19)10-4-6-11(14)7-5-10/h4-7,9H,3,8H2,1-2H3,(H,15,20)/t9-/m1/s1. The summed E-state index contributed by atoms with van der Waals surface area (Å²) in [6, 6.07) is 7.27. The van der Waals surface area contributed by atoms with Crippen molar-refractivity contribution in [3.05, 3.63) is 29.3 Å². The van der Waals surface area contributed by atoms with Crippen molar-refractivity contribution < 1.29 is 4.79 Å². The minimum Gasteiger partial charge on any atom is -0.352 e. The summed E-state index contributed by atoms with van der Waals surface area (Å²) in [5, 5.41) is 15.5. The Labute approximate surface area is 122 Å². The van der Waals surface area contributed by atoms with E-state index in [1.807, 2.05) is 26.0 Å². The number of hydrogen-bond donors (Lipinski definition) is 1. The summed E-state index contributed by atoms with van der Waals surface area (Å²) in [7, 11) is 0. The Kier molecular flexibility index (Phi) is 4.68. The van der Waals surface area contributed by atoms with Crippen LogP contribution in [0.2, 0.25) is 5.02 Å². The van der Waals surface area contributed by atoms with Crippen molar-refractivity contribution in [2.75, 3.05) is 0 Å². The number of nitrogens with one attached hydrogen (secondary N) is 1. The number of benzene rings is 1. The van der Waals surface area contributed by atoms with Crippen molar-refractivity contribution in [2.45, 2.75) is 32.9 Å². The molecule has 1 amide bonds. The summed E-state index contributed by atoms with van der Waals surface area (Å²) in [6.45, 7) is 4.02. The molecule has 1 N–H and O–H groups in total. The van der Waals surface area contributed by atoms with Crippen LogP contribution in [-0.4, -0.2) is 32.2 Å². The van der Waals surface area contributed by atoms with Gasteiger partial charge >= 0.3 is 0 Å². The number of carbonyl (C=O) groups excluding carboxylic acids is 1. The van der Waals surface area contributed by atoms with E-state index < -0.39 is 0 Å². The van der Waals surface area contributed by atoms with Gasteiger partial charge in [0.2, 0.25) is 11.7 Å². The molecule has 0 fully saturated rings. The summed E-state index contributed by atoms with van der Waals surface area (Å²) in [6.07, 6.45) is 0.881. The van der Waals surface area contributed by atoms with E-state index in [2.05, 4.69) is 20.7 Å². The molecule has 2 rings (SSSR count). The second-order valence-corrected chi connectivity index (χ2v) is 4.96. The SMILES string of the molecule is CC[C@@H](C)NC(=O)Cn1nnc(-c2ccc(Cl)cc2)n1. The van der Waals surface area contributed by atoms with E-state index >= 15 is 0 Å². The summed E-state index contributed by atoms with van der Waals surface area (Å²) in [5.74, 6) is 0.345. The minimum absolute atomic E-state index is 0.0604. The van der Waals surface area contributed by atoms with Gasteiger partial charge in [0.15, 0.2) is 0 Å². The molecule has 20 heavy (non-hydrogen) atoms. The molecule has 0 aliphatic heterocycles. The van der Waals surface area contributed by atoms with Crippen molar-refractivity contribution in [1.82, 2.24) is 25.5 Å². The number of hydrogen-bond acceptors (Lipinski definition) is 4. The van der Waals surface area contributed by atoms with Crippen LogP contribution in [0.25, 0.3) is 11.4 Å². The van der Waals surface area contributed by atoms with Crippen molar-refractivity contribution >= 4 is 17.5 Å². The fourth-order valence-electron chi connectivity index (χ4n) is 1.58. The summed E-state index contributed by atoms with van der Waals surface area (Å²) in [4.78, 5) is 13.0. The molecule has 0 saturated carbocycles. The molecule has 0 aliphatic carbocycles. The third-order valence-electron chi connectivity index (χ3n) is 2.86. The number of aromatic nitrogens is 4. The first-order valence-corrected chi connectivity index (χ1v) is 6.79. The number of amides is 1. The number of halogens is 1. The van der Waals surface area contributed by atoms with Crippen LogP contribution >= 0.6 is 11.6 Å². The molecule has 0 aliphatic rings. The van der Waals surface area contributed by atoms with Gasteiger partial charge in [0.25, 0.3) is 0 Å². The van der Waals surface area contributed by atoms with Gasteiger partial charge in [-0.2, -0.15) is 4.80 Å². The van der Waals surface area contributed by atoms with E-state index in [0.717, 1.165) is 12.0 Å². The Bertz CT molecular complexity index is 581. The molecule has 0 radical (unpaired) electrons. The largest absolute Gasteiger partial charge is 0.352 e. The van der Waals surface area contributed by atoms with Crippen molar-refractivity contribution in [3.8, 4) is 11.4 Å². The molecule has 1 aromatic carbocycles. The Morgan fingerprint density at radius 3 is 2.75 bits per heavy atom. The third kappa shape index (κ3) is 3.77. The van der Waals surface area contributed by atoms with E-state index in [-0.39, 0.29) is 18.5 Å². The van der Waals surface area contributed by atoms with Gasteiger partial charge in [-0.25, -0.2) is 0 Å². The van der Waals surface area contributed by atoms with Crippen LogP contribution in [0.1, 0.15) is 20.3 Å². The van der Waals surface area contributed by atoms with Gasteiger partial charge in [0, 0.05) is 16.6 Å². The first-order chi connectivity index (χ1) is 9.58. The maximum Gasteiger partial charge on any atom is 0.243 e. The smallest absolute Gasteiger partial charge is 0.243 e. The van der Waals surface area contributed by atoms with E-state index in [4.69, 9.17) is 11.6 Å². The van der Waals surface area contributed by atoms with Gasteiger partial charge in [-0.05, 0) is 42.8 Å². The molecule has 7 heteroatoms. The van der Waals surface area contributed by atoms with E-state index in [0.29, 0.717) is 10.8 Å². The predicted molar refractivity (Wildman–Crippen MR) is 76.2 cm³/mol. The van der Waals surface area contributed by atoms with Crippen molar-refractivity contribution in [3.63, 3.8) is 0 Å². The van der Waals surface area contributed by atoms with Crippen LogP contribution in [0.3, 0.4) is 0 Å². The van der Waals surface area contributed by atoms with Crippen LogP contribution in [0.5, 0.6) is 0 Å². The van der Waals surface area contributed by atoms with Gasteiger partial charge in [0.05, 0.1) is 0 Å². The van der Waals surface area contributed by atoms with E-state index in [1.165, 1.54) is 4.80 Å². The first kappa shape index (κ1) is 14.5. The topological polar surface area (TPSA) is 72.7 Å². The predicted octanol–water partition coefficient (Wildman–Crippen LogP) is 1.91. The molecule has 106 valence electrons. The minimum atomic E-state index is -0.126. The third-order valence-corrected chi connectivity index (χ3v) is 3.11. The van der Waals surface area contributed by atoms with Gasteiger partial charge in [-0.15, -0.1) is 10.2 Å². The average molecular weight is 294 g/mol. The lowest BCUT2D eigenvalue weighted by Crippen LogP contribution is -2.35. The zero-order valence-corrected chi connectivity index (χ0v) is 12.1. The molecular weight excluding hydrogens is 278 g/mol. The fourth-order valence-corrected chi connectivity index (χ4v) is 1.70. The molecule has 0 unspecified atom stereocenters. The van der Waals surface area contributed by atoms with Gasteiger partial charge < -0.3 is 5.32 Å². The molecule has 0 saturated heterocycles. The molecular formula is C13H16ClN5O. The fraction of sp³-hybridized carbons (Fsp3) is 0.385. The lowest BCUT2D eigenvalue weighted by Gasteiger charge is -2.10. The average Bonchev–Trinajstić information content (AvgIpc) is 2.87. The molecule has 1 aromatic heterocycles. The lowest BCUT2D eigenvalue weighted by atomic mass is 10.2. The van der Waals surface area contributed by atoms with Crippen LogP contribution in [0.4, 0.5) is 0 Å². The van der Waals surface area contributed by atoms with Gasteiger partial charge in [-0.1, -0.05) is 18.5 Å². The zero-order chi connectivity index (χ0) is 14.5. The quantitative estimate of drug-likeness (QED) is 0.914. The van der Waals surface area contributed by atoms with E-state index in [9.17, 15) is 4.79 Å². The second-order valence-electron chi connectivity index (χ2n) is 4.53. The number of nitrogens with zero attached hydrogens (tertiary/aromatic N) is 4. The zero-order valence-electron chi connectivity index (χ0n) is 11.4. The van der Waals surface area contributed by atoms with Crippen LogP contribution in [0.15, 0.2) is 24.3 Å². The van der Waals surface area contributed by atoms with E-state index in [1.54, 1.807) is 12.1 Å². The molecule has 0 bridgehead atoms. The first-order valence-electron chi connectivity index (χ1n) is 6.41. The normalized spacial score (nSPS) is 12.2. The Morgan fingerprint density at radius 1 is 1.40 bits per heavy atom. The summed E-state index contributed by atoms with van der Waals surface area (Å²) in [5.41, 5.74) is 0.808. The highest BCUT2D eigenvalue weighted by atomic mass is 35.5. The monoisotopic (exact) mass is 293 g/mol. The second kappa shape index (κ2) is 6.47. The number of tetrazole rings is 1. The van der Waals surface area contributed by atoms with Gasteiger partial charge in [-0.3, -0.25) is 4.79 Å². The number of rotatable bonds is 5. The lowest BCUT2D eigenvalue weighted by molar-refractivity contribution is -0.122. The maximum absolute atomic E-state index is 11.7. The summed E-state index contributed by atoms with van der Waals surface area (Å²) < 4.78 is 0. The summed E-state index contributed by atoms with van der Waals surface area (Å²) >= 11 is 5.82. The Balaban J connectivity index is 2.02. The molecule has 1 atom stereocenters. The Morgan fingerprint density at radius 2 is 2.10 bits per heavy atom. The van der Waals surface area contributed by atoms with Crippen LogP contribution < -0.4 is 5.32 Å². The maximum atomic E-state index is 11.7. The van der Waals surface area contributed by atoms with Gasteiger partial charge in [0.1, 0.15) is 6.54 Å². The van der Waals surface area contributed by atoms with Crippen LogP contribution in [-0.2, 0) is 11.3 Å². The highest BCUT2D eigenvalue weighted by Gasteiger charge is 2.10.